The second kappa shape index (κ2) is 8.82. The lowest BCUT2D eigenvalue weighted by Gasteiger charge is -2.53. The molecule has 3 aromatic rings. The minimum Gasteiger partial charge on any atom is -0.497 e. The van der Waals surface area contributed by atoms with Crippen LogP contribution in [0, 0.1) is 5.41 Å². The molecule has 1 spiro atoms. The van der Waals surface area contributed by atoms with Crippen molar-refractivity contribution < 1.29 is 9.53 Å². The number of halogens is 2. The molecule has 1 amide bonds. The van der Waals surface area contributed by atoms with E-state index in [1.165, 1.54) is 11.3 Å². The lowest BCUT2D eigenvalue weighted by Crippen LogP contribution is -2.67. The number of hydrazone groups is 1. The quantitative estimate of drug-likeness (QED) is 0.405. The molecule has 1 saturated heterocycles. The average Bonchev–Trinajstić information content (AvgIpc) is 3.14. The molecule has 3 aliphatic heterocycles. The molecule has 0 radical (unpaired) electrons. The summed E-state index contributed by atoms with van der Waals surface area (Å²) in [6, 6.07) is 21.8. The minimum absolute atomic E-state index is 0.0135. The summed E-state index contributed by atoms with van der Waals surface area (Å²) in [5, 5.41) is 7.04. The van der Waals surface area contributed by atoms with Crippen LogP contribution in [0.15, 0.2) is 76.3 Å². The number of fused-ring (bicyclic) bond motifs is 4. The smallest absolute Gasteiger partial charge is 0.261 e. The highest BCUT2D eigenvalue weighted by Crippen LogP contribution is 2.49. The number of amides is 1. The number of hydrogen-bond acceptors (Lipinski definition) is 5. The topological polar surface area (TPSA) is 48.4 Å². The molecule has 0 unspecified atom stereocenters. The number of benzene rings is 3. The number of anilines is 3. The predicted octanol–water partition coefficient (Wildman–Crippen LogP) is 5.77. The van der Waals surface area contributed by atoms with Crippen LogP contribution in [0.4, 0.5) is 17.1 Å². The van der Waals surface area contributed by atoms with Gasteiger partial charge in [-0.2, -0.15) is 10.1 Å². The van der Waals surface area contributed by atoms with Crippen molar-refractivity contribution in [2.75, 3.05) is 41.6 Å². The predicted molar refractivity (Wildman–Crippen MR) is 149 cm³/mol. The molecule has 8 heteroatoms. The van der Waals surface area contributed by atoms with Crippen LogP contribution >= 0.6 is 27.5 Å². The van der Waals surface area contributed by atoms with Gasteiger partial charge in [-0.25, -0.2) is 0 Å². The van der Waals surface area contributed by atoms with Gasteiger partial charge in [0.25, 0.3) is 5.91 Å². The number of ether oxygens (including phenoxy) is 1. The fraction of sp³-hybridized carbons (Fsp3) is 0.286. The van der Waals surface area contributed by atoms with Crippen LogP contribution in [0.2, 0.25) is 5.02 Å². The van der Waals surface area contributed by atoms with Crippen molar-refractivity contribution >= 4 is 56.2 Å². The molecule has 36 heavy (non-hydrogen) atoms. The van der Waals surface area contributed by atoms with E-state index >= 15 is 0 Å². The molecule has 0 bridgehead atoms. The number of rotatable bonds is 3. The Morgan fingerprint density at radius 3 is 2.47 bits per heavy atom. The van der Waals surface area contributed by atoms with Crippen molar-refractivity contribution in [3.8, 4) is 5.75 Å². The van der Waals surface area contributed by atoms with Gasteiger partial charge in [0.2, 0.25) is 0 Å². The number of hydrogen-bond donors (Lipinski definition) is 0. The molecule has 3 heterocycles. The summed E-state index contributed by atoms with van der Waals surface area (Å²) in [6.45, 7) is 4.39. The second-order valence-electron chi connectivity index (χ2n) is 9.55. The van der Waals surface area contributed by atoms with Gasteiger partial charge >= 0.3 is 0 Å². The van der Waals surface area contributed by atoms with E-state index in [9.17, 15) is 4.79 Å². The Hall–Kier alpha value is -3.03. The minimum atomic E-state index is -0.765. The zero-order valence-corrected chi connectivity index (χ0v) is 22.5. The fourth-order valence-corrected chi connectivity index (χ4v) is 6.42. The van der Waals surface area contributed by atoms with Gasteiger partial charge in [-0.15, -0.1) is 0 Å². The molecule has 2 atom stereocenters. The molecule has 3 aromatic carbocycles. The third-order valence-corrected chi connectivity index (χ3v) is 8.49. The Labute approximate surface area is 224 Å². The molecular formula is C28H26BrClN4O2. The largest absolute Gasteiger partial charge is 0.497 e. The van der Waals surface area contributed by atoms with Gasteiger partial charge in [-0.05, 0) is 85.6 Å². The molecule has 184 valence electrons. The fourth-order valence-electron chi connectivity index (χ4n) is 5.89. The van der Waals surface area contributed by atoms with Crippen molar-refractivity contribution in [3.05, 3.63) is 81.8 Å². The highest BCUT2D eigenvalue weighted by atomic mass is 79.9. The second-order valence-corrected chi connectivity index (χ2v) is 10.9. The zero-order chi connectivity index (χ0) is 25.0. The Morgan fingerprint density at radius 1 is 1.03 bits per heavy atom. The maximum absolute atomic E-state index is 14.4. The van der Waals surface area contributed by atoms with E-state index in [-0.39, 0.29) is 11.9 Å². The molecule has 0 aromatic heterocycles. The summed E-state index contributed by atoms with van der Waals surface area (Å²) in [4.78, 5) is 19.2. The van der Waals surface area contributed by atoms with Crippen molar-refractivity contribution in [1.82, 2.24) is 0 Å². The molecule has 1 fully saturated rings. The molecule has 0 aliphatic carbocycles. The van der Waals surface area contributed by atoms with Crippen LogP contribution in [0.5, 0.6) is 5.75 Å². The van der Waals surface area contributed by atoms with Crippen molar-refractivity contribution in [2.45, 2.75) is 19.4 Å². The van der Waals surface area contributed by atoms with Crippen LogP contribution < -0.4 is 19.5 Å². The number of methoxy groups -OCH3 is 1. The lowest BCUT2D eigenvalue weighted by atomic mass is 9.67. The number of carbonyl (C=O) groups excluding carboxylic acids is 1. The summed E-state index contributed by atoms with van der Waals surface area (Å²) >= 11 is 9.76. The van der Waals surface area contributed by atoms with E-state index in [0.29, 0.717) is 11.4 Å². The normalized spacial score (nSPS) is 23.0. The Bertz CT molecular complexity index is 1360. The SMILES string of the molecule is COc1ccc(N2CCN3c4ccc(Br)cc4C[C@]4(C(=O)N(c5ccc(Cl)cc5)N=C4C)[C@H]3C2)cc1. The number of carbonyl (C=O) groups is 1. The molecule has 0 N–H and O–H groups in total. The van der Waals surface area contributed by atoms with Crippen LogP contribution in [-0.2, 0) is 11.2 Å². The van der Waals surface area contributed by atoms with Crippen LogP contribution in [-0.4, -0.2) is 44.4 Å². The van der Waals surface area contributed by atoms with Crippen molar-refractivity contribution in [3.63, 3.8) is 0 Å². The zero-order valence-electron chi connectivity index (χ0n) is 20.1. The Balaban J connectivity index is 1.43. The first-order valence-electron chi connectivity index (χ1n) is 12.0. The first-order valence-corrected chi connectivity index (χ1v) is 13.2. The van der Waals surface area contributed by atoms with E-state index in [1.54, 1.807) is 24.3 Å². The van der Waals surface area contributed by atoms with Gasteiger partial charge in [0.1, 0.15) is 11.2 Å². The summed E-state index contributed by atoms with van der Waals surface area (Å²) in [6.07, 6.45) is 0.609. The molecule has 6 nitrogen and oxygen atoms in total. The van der Waals surface area contributed by atoms with E-state index in [4.69, 9.17) is 21.4 Å². The summed E-state index contributed by atoms with van der Waals surface area (Å²) < 4.78 is 6.37. The van der Waals surface area contributed by atoms with Crippen molar-refractivity contribution in [2.24, 2.45) is 10.5 Å². The maximum Gasteiger partial charge on any atom is 0.261 e. The lowest BCUT2D eigenvalue weighted by molar-refractivity contribution is -0.125. The first-order chi connectivity index (χ1) is 17.4. The van der Waals surface area contributed by atoms with E-state index < -0.39 is 5.41 Å². The number of nitrogens with zero attached hydrogens (tertiary/aromatic N) is 4. The highest BCUT2D eigenvalue weighted by molar-refractivity contribution is 9.10. The van der Waals surface area contributed by atoms with E-state index in [0.717, 1.165) is 46.9 Å². The van der Waals surface area contributed by atoms with Gasteiger partial charge in [0.15, 0.2) is 0 Å². The summed E-state index contributed by atoms with van der Waals surface area (Å²) in [5.41, 5.74) is 4.31. The number of piperazine rings is 1. The maximum atomic E-state index is 14.4. The van der Waals surface area contributed by atoms with Crippen LogP contribution in [0.25, 0.3) is 0 Å². The van der Waals surface area contributed by atoms with E-state index in [2.05, 4.69) is 56.1 Å². The summed E-state index contributed by atoms with van der Waals surface area (Å²) in [5.74, 6) is 0.845. The standard InChI is InChI=1S/C28H26BrClN4O2/c1-18-28(27(35)34(31-18)23-6-4-21(30)5-7-23)16-19-15-20(29)3-12-25(19)33-14-13-32(17-26(28)33)22-8-10-24(36-2)11-9-22/h3-12,15,26H,13-14,16-17H2,1-2H3/t26-,28-/m1/s1. The monoisotopic (exact) mass is 564 g/mol. The highest BCUT2D eigenvalue weighted by Gasteiger charge is 2.60. The average molecular weight is 566 g/mol. The van der Waals surface area contributed by atoms with Crippen LogP contribution in [0.3, 0.4) is 0 Å². The van der Waals surface area contributed by atoms with Crippen molar-refractivity contribution in [1.29, 1.82) is 0 Å². The molecular weight excluding hydrogens is 540 g/mol. The van der Waals surface area contributed by atoms with E-state index in [1.807, 2.05) is 31.2 Å². The van der Waals surface area contributed by atoms with Gasteiger partial charge < -0.3 is 14.5 Å². The third kappa shape index (κ3) is 3.59. The molecule has 3 aliphatic rings. The first kappa shape index (κ1) is 23.4. The summed E-state index contributed by atoms with van der Waals surface area (Å²) in [7, 11) is 1.68. The van der Waals surface area contributed by atoms with Gasteiger partial charge in [0.05, 0.1) is 24.6 Å². The van der Waals surface area contributed by atoms with Gasteiger partial charge in [-0.1, -0.05) is 27.5 Å². The van der Waals surface area contributed by atoms with Crippen LogP contribution in [0.1, 0.15) is 12.5 Å². The Kier molecular flexibility index (Phi) is 5.73. The molecule has 6 rings (SSSR count). The van der Waals surface area contributed by atoms with Gasteiger partial charge in [-0.3, -0.25) is 4.79 Å². The van der Waals surface area contributed by atoms with Gasteiger partial charge in [0, 0.05) is 40.5 Å². The molecule has 0 saturated carbocycles. The third-order valence-electron chi connectivity index (χ3n) is 7.75. The Morgan fingerprint density at radius 2 is 1.75 bits per heavy atom.